The molecular formula is C9H13NO5. The van der Waals surface area contributed by atoms with Crippen molar-refractivity contribution in [1.82, 2.24) is 0 Å². The molecule has 1 fully saturated rings. The van der Waals surface area contributed by atoms with Crippen LogP contribution >= 0.6 is 0 Å². The zero-order chi connectivity index (χ0) is 11.1. The molecule has 2 unspecified atom stereocenters. The normalized spacial score (nSPS) is 20.4. The van der Waals surface area contributed by atoms with E-state index in [9.17, 15) is 9.90 Å². The van der Waals surface area contributed by atoms with Crippen LogP contribution in [0.3, 0.4) is 0 Å². The van der Waals surface area contributed by atoms with Crippen molar-refractivity contribution in [2.75, 3.05) is 33.0 Å². The third-order valence-electron chi connectivity index (χ3n) is 1.66. The number of nitrogens with zero attached hydrogens (tertiary/aromatic N) is 1. The molecule has 0 aromatic heterocycles. The molecule has 1 aliphatic rings. The van der Waals surface area contributed by atoms with Crippen molar-refractivity contribution in [3.63, 3.8) is 0 Å². The summed E-state index contributed by atoms with van der Waals surface area (Å²) < 4.78 is 14.6. The largest absolute Gasteiger partial charge is 0.457 e. The Hall–Kier alpha value is -1.16. The molecule has 1 saturated heterocycles. The van der Waals surface area contributed by atoms with Crippen LogP contribution in [0.4, 0.5) is 0 Å². The summed E-state index contributed by atoms with van der Waals surface area (Å²) >= 11 is 0. The fourth-order valence-electron chi connectivity index (χ4n) is 0.847. The molecule has 2 atom stereocenters. The predicted molar refractivity (Wildman–Crippen MR) is 49.0 cm³/mol. The van der Waals surface area contributed by atoms with Gasteiger partial charge in [0.25, 0.3) is 0 Å². The fourth-order valence-corrected chi connectivity index (χ4v) is 0.847. The molecule has 15 heavy (non-hydrogen) atoms. The van der Waals surface area contributed by atoms with Gasteiger partial charge < -0.3 is 24.2 Å². The highest BCUT2D eigenvalue weighted by molar-refractivity contribution is 5.73. The highest BCUT2D eigenvalue weighted by Crippen LogP contribution is 2.08. The van der Waals surface area contributed by atoms with Gasteiger partial charge in [-0.05, 0) is 0 Å². The van der Waals surface area contributed by atoms with E-state index in [1.54, 1.807) is 0 Å². The van der Waals surface area contributed by atoms with E-state index < -0.39 is 12.1 Å². The first-order chi connectivity index (χ1) is 7.22. The number of rotatable bonds is 7. The van der Waals surface area contributed by atoms with Gasteiger partial charge in [-0.3, -0.25) is 0 Å². The Kier molecular flexibility index (Phi) is 5.04. The summed E-state index contributed by atoms with van der Waals surface area (Å²) in [6.07, 6.45) is -0.694. The van der Waals surface area contributed by atoms with Gasteiger partial charge >= 0.3 is 12.5 Å². The van der Waals surface area contributed by atoms with Gasteiger partial charge in [0.05, 0.1) is 19.8 Å². The molecule has 1 aliphatic heterocycles. The van der Waals surface area contributed by atoms with Crippen molar-refractivity contribution in [3.05, 3.63) is 11.4 Å². The van der Waals surface area contributed by atoms with Crippen LogP contribution in [0.2, 0.25) is 0 Å². The van der Waals surface area contributed by atoms with E-state index >= 15 is 0 Å². The Labute approximate surface area is 87.6 Å². The molecular weight excluding hydrogens is 202 g/mol. The smallest absolute Gasteiger partial charge is 0.387 e. The van der Waals surface area contributed by atoms with Gasteiger partial charge in [-0.2, -0.15) is 0 Å². The van der Waals surface area contributed by atoms with Crippen molar-refractivity contribution < 1.29 is 24.1 Å². The van der Waals surface area contributed by atoms with Crippen LogP contribution in [-0.4, -0.2) is 56.3 Å². The molecule has 6 heteroatoms. The zero-order valence-electron chi connectivity index (χ0n) is 8.22. The molecule has 0 aromatic carbocycles. The molecule has 0 saturated carbocycles. The summed E-state index contributed by atoms with van der Waals surface area (Å²) in [5, 5.41) is 9.28. The molecule has 0 aromatic rings. The number of hydrogen-bond donors (Lipinski definition) is 1. The lowest BCUT2D eigenvalue weighted by atomic mass is 10.4. The average Bonchev–Trinajstić information content (AvgIpc) is 2.99. The van der Waals surface area contributed by atoms with Crippen LogP contribution in [0.25, 0.3) is 4.85 Å². The van der Waals surface area contributed by atoms with Crippen LogP contribution in [0.15, 0.2) is 0 Å². The number of epoxide rings is 1. The second-order valence-corrected chi connectivity index (χ2v) is 3.15. The lowest BCUT2D eigenvalue weighted by Gasteiger charge is -2.09. The molecule has 1 rings (SSSR count). The molecule has 6 nitrogen and oxygen atoms in total. The number of aliphatic hydroxyl groups is 1. The summed E-state index contributed by atoms with van der Waals surface area (Å²) in [4.78, 5) is 13.6. The number of aliphatic hydroxyl groups excluding tert-OH is 1. The number of carbonyl (C=O) groups excluding carboxylic acids is 1. The molecule has 0 bridgehead atoms. The number of ether oxygens (including phenoxy) is 3. The molecule has 0 radical (unpaired) electrons. The van der Waals surface area contributed by atoms with Crippen molar-refractivity contribution in [2.45, 2.75) is 12.2 Å². The maximum atomic E-state index is 10.7. The van der Waals surface area contributed by atoms with Gasteiger partial charge in [0.1, 0.15) is 18.8 Å². The van der Waals surface area contributed by atoms with E-state index in [4.69, 9.17) is 16.0 Å². The lowest BCUT2D eigenvalue weighted by Crippen LogP contribution is -2.25. The van der Waals surface area contributed by atoms with Gasteiger partial charge in [0, 0.05) is 0 Å². The number of hydrogen-bond acceptors (Lipinski definition) is 5. The Morgan fingerprint density at radius 3 is 3.00 bits per heavy atom. The first-order valence-corrected chi connectivity index (χ1v) is 4.58. The van der Waals surface area contributed by atoms with E-state index in [-0.39, 0.29) is 25.9 Å². The lowest BCUT2D eigenvalue weighted by molar-refractivity contribution is -0.145. The zero-order valence-corrected chi connectivity index (χ0v) is 8.22. The number of esters is 1. The van der Waals surface area contributed by atoms with Crippen LogP contribution < -0.4 is 0 Å². The molecule has 0 amide bonds. The summed E-state index contributed by atoms with van der Waals surface area (Å²) in [5.41, 5.74) is 0. The third kappa shape index (κ3) is 6.01. The van der Waals surface area contributed by atoms with E-state index in [1.807, 2.05) is 0 Å². The van der Waals surface area contributed by atoms with E-state index in [2.05, 4.69) is 9.58 Å². The van der Waals surface area contributed by atoms with Gasteiger partial charge in [-0.1, -0.05) is 0 Å². The van der Waals surface area contributed by atoms with E-state index in [0.717, 1.165) is 0 Å². The number of carbonyl (C=O) groups is 1. The molecule has 0 aliphatic carbocycles. The van der Waals surface area contributed by atoms with Crippen LogP contribution in [0, 0.1) is 6.57 Å². The van der Waals surface area contributed by atoms with Gasteiger partial charge in [-0.15, -0.1) is 0 Å². The predicted octanol–water partition coefficient (Wildman–Crippen LogP) is -0.775. The SMILES string of the molecule is [C-]#[N+]CC(=O)OCC(O)COCC1CO1. The minimum absolute atomic E-state index is 0.102. The van der Waals surface area contributed by atoms with Crippen molar-refractivity contribution >= 4 is 5.97 Å². The Morgan fingerprint density at radius 1 is 1.67 bits per heavy atom. The second-order valence-electron chi connectivity index (χ2n) is 3.15. The monoisotopic (exact) mass is 215 g/mol. The third-order valence-corrected chi connectivity index (χ3v) is 1.66. The average molecular weight is 215 g/mol. The summed E-state index contributed by atoms with van der Waals surface area (Å²) in [7, 11) is 0. The molecule has 1 N–H and O–H groups in total. The maximum Gasteiger partial charge on any atom is 0.387 e. The topological polar surface area (TPSA) is 72.7 Å². The van der Waals surface area contributed by atoms with Crippen molar-refractivity contribution in [1.29, 1.82) is 0 Å². The van der Waals surface area contributed by atoms with Crippen molar-refractivity contribution in [2.24, 2.45) is 0 Å². The van der Waals surface area contributed by atoms with Crippen LogP contribution in [-0.2, 0) is 19.0 Å². The molecule has 1 heterocycles. The molecule has 84 valence electrons. The fraction of sp³-hybridized carbons (Fsp3) is 0.778. The Bertz CT molecular complexity index is 245. The van der Waals surface area contributed by atoms with E-state index in [0.29, 0.717) is 13.2 Å². The maximum absolute atomic E-state index is 10.7. The highest BCUT2D eigenvalue weighted by Gasteiger charge is 2.22. The van der Waals surface area contributed by atoms with Crippen LogP contribution in [0.5, 0.6) is 0 Å². The van der Waals surface area contributed by atoms with Crippen molar-refractivity contribution in [3.8, 4) is 0 Å². The van der Waals surface area contributed by atoms with Gasteiger partial charge in [0.15, 0.2) is 0 Å². The van der Waals surface area contributed by atoms with Crippen LogP contribution in [0.1, 0.15) is 0 Å². The standard InChI is InChI=1S/C9H13NO5/c1-10-2-9(12)15-4-7(11)3-13-5-8-6-14-8/h7-8,11H,2-6H2. The second kappa shape index (κ2) is 6.35. The summed E-state index contributed by atoms with van der Waals surface area (Å²) in [5.74, 6) is -0.630. The highest BCUT2D eigenvalue weighted by atomic mass is 16.6. The minimum Gasteiger partial charge on any atom is -0.457 e. The summed E-state index contributed by atoms with van der Waals surface area (Å²) in [6.45, 7) is 7.21. The Morgan fingerprint density at radius 2 is 2.40 bits per heavy atom. The first kappa shape index (κ1) is 11.9. The van der Waals surface area contributed by atoms with E-state index in [1.165, 1.54) is 0 Å². The quantitative estimate of drug-likeness (QED) is 0.343. The Balaban J connectivity index is 1.94. The van der Waals surface area contributed by atoms with Gasteiger partial charge in [-0.25, -0.2) is 11.4 Å². The van der Waals surface area contributed by atoms with Gasteiger partial charge in [0.2, 0.25) is 0 Å². The first-order valence-electron chi connectivity index (χ1n) is 4.58. The summed E-state index contributed by atoms with van der Waals surface area (Å²) in [6, 6.07) is 0. The minimum atomic E-state index is -0.849. The molecule has 0 spiro atoms.